The van der Waals surface area contributed by atoms with E-state index < -0.39 is 11.7 Å². The van der Waals surface area contributed by atoms with E-state index in [1.165, 1.54) is 33.7 Å². The highest BCUT2D eigenvalue weighted by atomic mass is 19.4. The van der Waals surface area contributed by atoms with Gasteiger partial charge in [0.25, 0.3) is 0 Å². The predicted octanol–water partition coefficient (Wildman–Crippen LogP) is 4.42. The Kier molecular flexibility index (Phi) is 4.93. The van der Waals surface area contributed by atoms with Crippen molar-refractivity contribution in [1.82, 2.24) is 9.97 Å². The molecule has 0 unspecified atom stereocenters. The Labute approximate surface area is 152 Å². The van der Waals surface area contributed by atoms with Crippen LogP contribution >= 0.6 is 0 Å². The Hall–Kier alpha value is -3.23. The summed E-state index contributed by atoms with van der Waals surface area (Å²) in [6.45, 7) is 0. The maximum Gasteiger partial charge on any atom is 0.416 e. The molecule has 6 nitrogen and oxygen atoms in total. The third-order valence-corrected chi connectivity index (χ3v) is 3.89. The van der Waals surface area contributed by atoms with Crippen LogP contribution in [-0.2, 0) is 6.18 Å². The van der Waals surface area contributed by atoms with Gasteiger partial charge in [0.1, 0.15) is 12.1 Å². The molecule has 0 amide bonds. The highest BCUT2D eigenvalue weighted by Gasteiger charge is 2.30. The van der Waals surface area contributed by atoms with Gasteiger partial charge in [-0.05, 0) is 18.2 Å². The summed E-state index contributed by atoms with van der Waals surface area (Å²) < 4.78 is 54.6. The highest BCUT2D eigenvalue weighted by molar-refractivity contribution is 5.91. The normalized spacial score (nSPS) is 11.3. The lowest BCUT2D eigenvalue weighted by atomic mass is 10.1. The largest absolute Gasteiger partial charge is 0.493 e. The van der Waals surface area contributed by atoms with Gasteiger partial charge in [-0.3, -0.25) is 0 Å². The molecule has 0 bridgehead atoms. The summed E-state index contributed by atoms with van der Waals surface area (Å²) in [5.41, 5.74) is -0.0356. The van der Waals surface area contributed by atoms with Crippen LogP contribution in [0.4, 0.5) is 24.7 Å². The number of nitrogens with one attached hydrogen (secondary N) is 1. The predicted molar refractivity (Wildman–Crippen MR) is 93.9 cm³/mol. The number of hydrogen-bond donors (Lipinski definition) is 1. The van der Waals surface area contributed by atoms with Crippen molar-refractivity contribution in [2.45, 2.75) is 6.18 Å². The Morgan fingerprint density at radius 1 is 0.889 bits per heavy atom. The number of fused-ring (bicyclic) bond motifs is 1. The first-order valence-electron chi connectivity index (χ1n) is 7.76. The smallest absolute Gasteiger partial charge is 0.416 e. The highest BCUT2D eigenvalue weighted by Crippen LogP contribution is 2.41. The molecule has 1 aromatic heterocycles. The Morgan fingerprint density at radius 2 is 1.56 bits per heavy atom. The molecule has 0 radical (unpaired) electrons. The maximum absolute atomic E-state index is 12.9. The van der Waals surface area contributed by atoms with Gasteiger partial charge in [-0.2, -0.15) is 13.2 Å². The van der Waals surface area contributed by atoms with E-state index in [1.54, 1.807) is 12.1 Å². The monoisotopic (exact) mass is 379 g/mol. The van der Waals surface area contributed by atoms with Crippen LogP contribution in [0.1, 0.15) is 5.56 Å². The second-order valence-electron chi connectivity index (χ2n) is 5.49. The fourth-order valence-corrected chi connectivity index (χ4v) is 2.62. The van der Waals surface area contributed by atoms with E-state index in [0.29, 0.717) is 34.1 Å². The first-order chi connectivity index (χ1) is 12.9. The van der Waals surface area contributed by atoms with Gasteiger partial charge in [0.2, 0.25) is 5.75 Å². The van der Waals surface area contributed by atoms with Gasteiger partial charge < -0.3 is 19.5 Å². The van der Waals surface area contributed by atoms with Crippen molar-refractivity contribution >= 4 is 22.4 Å². The molecule has 0 aliphatic carbocycles. The van der Waals surface area contributed by atoms with Crippen molar-refractivity contribution in [2.75, 3.05) is 26.6 Å². The zero-order valence-electron chi connectivity index (χ0n) is 14.7. The van der Waals surface area contributed by atoms with Crippen molar-refractivity contribution in [2.24, 2.45) is 0 Å². The number of alkyl halides is 3. The van der Waals surface area contributed by atoms with E-state index in [0.717, 1.165) is 12.1 Å². The second kappa shape index (κ2) is 7.18. The molecular formula is C18H16F3N3O3. The molecular weight excluding hydrogens is 363 g/mol. The van der Waals surface area contributed by atoms with Gasteiger partial charge in [0.05, 0.1) is 32.4 Å². The summed E-state index contributed by atoms with van der Waals surface area (Å²) in [5, 5.41) is 3.50. The zero-order valence-corrected chi connectivity index (χ0v) is 14.7. The summed E-state index contributed by atoms with van der Waals surface area (Å²) in [4.78, 5) is 8.06. The summed E-state index contributed by atoms with van der Waals surface area (Å²) in [6.07, 6.45) is -3.24. The molecule has 3 rings (SSSR count). The van der Waals surface area contributed by atoms with Crippen molar-refractivity contribution in [3.05, 3.63) is 42.2 Å². The molecule has 142 valence electrons. The molecule has 0 saturated heterocycles. The Bertz CT molecular complexity index is 952. The first-order valence-corrected chi connectivity index (χ1v) is 7.76. The third-order valence-electron chi connectivity index (χ3n) is 3.89. The molecule has 0 saturated carbocycles. The van der Waals surface area contributed by atoms with E-state index in [4.69, 9.17) is 14.2 Å². The SMILES string of the molecule is COc1cc(Nc2ncnc3cc(C(F)(F)F)ccc23)cc(OC)c1OC. The molecule has 0 aliphatic rings. The number of aromatic nitrogens is 2. The molecule has 27 heavy (non-hydrogen) atoms. The van der Waals surface area contributed by atoms with Crippen LogP contribution < -0.4 is 19.5 Å². The number of benzene rings is 2. The fraction of sp³-hybridized carbons (Fsp3) is 0.222. The van der Waals surface area contributed by atoms with Crippen molar-refractivity contribution < 1.29 is 27.4 Å². The van der Waals surface area contributed by atoms with E-state index in [1.807, 2.05) is 0 Å². The Balaban J connectivity index is 2.04. The minimum atomic E-state index is -4.44. The van der Waals surface area contributed by atoms with Crippen LogP contribution in [0.25, 0.3) is 10.9 Å². The lowest BCUT2D eigenvalue weighted by Gasteiger charge is -2.15. The Morgan fingerprint density at radius 3 is 2.11 bits per heavy atom. The molecule has 2 aromatic carbocycles. The van der Waals surface area contributed by atoms with Crippen molar-refractivity contribution in [3.8, 4) is 17.2 Å². The molecule has 0 spiro atoms. The molecule has 1 heterocycles. The van der Waals surface area contributed by atoms with Gasteiger partial charge in [0.15, 0.2) is 11.5 Å². The quantitative estimate of drug-likeness (QED) is 0.708. The maximum atomic E-state index is 12.9. The zero-order chi connectivity index (χ0) is 19.6. The van der Waals surface area contributed by atoms with E-state index >= 15 is 0 Å². The molecule has 0 aliphatic heterocycles. The van der Waals surface area contributed by atoms with Crippen LogP contribution in [0.3, 0.4) is 0 Å². The van der Waals surface area contributed by atoms with Crippen molar-refractivity contribution in [3.63, 3.8) is 0 Å². The number of hydrogen-bond acceptors (Lipinski definition) is 6. The average Bonchev–Trinajstić information content (AvgIpc) is 2.66. The van der Waals surface area contributed by atoms with E-state index in [9.17, 15) is 13.2 Å². The molecule has 0 atom stereocenters. The van der Waals surface area contributed by atoms with E-state index in [2.05, 4.69) is 15.3 Å². The van der Waals surface area contributed by atoms with Gasteiger partial charge >= 0.3 is 6.18 Å². The van der Waals surface area contributed by atoms with Gasteiger partial charge in [-0.1, -0.05) is 0 Å². The number of ether oxygens (including phenoxy) is 3. The lowest BCUT2D eigenvalue weighted by Crippen LogP contribution is -2.05. The summed E-state index contributed by atoms with van der Waals surface area (Å²) in [7, 11) is 4.46. The number of anilines is 2. The average molecular weight is 379 g/mol. The summed E-state index contributed by atoms with van der Waals surface area (Å²) in [6, 6.07) is 6.64. The van der Waals surface area contributed by atoms with Crippen LogP contribution in [0.5, 0.6) is 17.2 Å². The van der Waals surface area contributed by atoms with Gasteiger partial charge in [-0.25, -0.2) is 9.97 Å². The number of rotatable bonds is 5. The molecule has 1 N–H and O–H groups in total. The van der Waals surface area contributed by atoms with E-state index in [-0.39, 0.29) is 5.52 Å². The number of methoxy groups -OCH3 is 3. The summed E-state index contributed by atoms with van der Waals surface area (Å²) >= 11 is 0. The number of nitrogens with zero attached hydrogens (tertiary/aromatic N) is 2. The van der Waals surface area contributed by atoms with Crippen LogP contribution in [0.2, 0.25) is 0 Å². The lowest BCUT2D eigenvalue weighted by molar-refractivity contribution is -0.137. The van der Waals surface area contributed by atoms with Crippen LogP contribution in [0, 0.1) is 0 Å². The minimum Gasteiger partial charge on any atom is -0.493 e. The second-order valence-corrected chi connectivity index (χ2v) is 5.49. The molecule has 3 aromatic rings. The van der Waals surface area contributed by atoms with Crippen LogP contribution in [0.15, 0.2) is 36.7 Å². The number of halogens is 3. The van der Waals surface area contributed by atoms with Crippen molar-refractivity contribution in [1.29, 1.82) is 0 Å². The van der Waals surface area contributed by atoms with Crippen LogP contribution in [-0.4, -0.2) is 31.3 Å². The standard InChI is InChI=1S/C18H16F3N3O3/c1-25-14-7-11(8-15(26-2)16(14)27-3)24-17-12-5-4-10(18(19,20)21)6-13(12)22-9-23-17/h4-9H,1-3H3,(H,22,23,24). The van der Waals surface area contributed by atoms with Gasteiger partial charge in [0, 0.05) is 23.2 Å². The summed E-state index contributed by atoms with van der Waals surface area (Å²) in [5.74, 6) is 1.63. The first kappa shape index (κ1) is 18.6. The molecule has 0 fully saturated rings. The minimum absolute atomic E-state index is 0.176. The third kappa shape index (κ3) is 3.67. The van der Waals surface area contributed by atoms with Gasteiger partial charge in [-0.15, -0.1) is 0 Å². The topological polar surface area (TPSA) is 65.5 Å². The molecule has 9 heteroatoms. The fourth-order valence-electron chi connectivity index (χ4n) is 2.62.